The van der Waals surface area contributed by atoms with Gasteiger partial charge in [0.25, 0.3) is 0 Å². The van der Waals surface area contributed by atoms with Crippen molar-refractivity contribution in [3.8, 4) is 11.3 Å². The van der Waals surface area contributed by atoms with Crippen molar-refractivity contribution in [1.82, 2.24) is 4.98 Å². The van der Waals surface area contributed by atoms with Gasteiger partial charge in [-0.15, -0.1) is 0 Å². The molecule has 1 aliphatic rings. The highest BCUT2D eigenvalue weighted by Crippen LogP contribution is 2.37. The van der Waals surface area contributed by atoms with Crippen LogP contribution in [0.1, 0.15) is 24.0 Å². The van der Waals surface area contributed by atoms with Crippen LogP contribution in [0.5, 0.6) is 0 Å². The lowest BCUT2D eigenvalue weighted by Crippen LogP contribution is -2.07. The minimum Gasteiger partial charge on any atom is -0.247 e. The number of pyridine rings is 1. The highest BCUT2D eigenvalue weighted by molar-refractivity contribution is 6.09. The molecule has 0 spiro atoms. The Morgan fingerprint density at radius 1 is 0.667 bits per heavy atom. The molecule has 116 valence electrons. The average molecular weight is 309 g/mol. The Balaban J connectivity index is 1.92. The van der Waals surface area contributed by atoms with E-state index in [1.165, 1.54) is 57.8 Å². The predicted octanol–water partition coefficient (Wildman–Crippen LogP) is 5.93. The smallest absolute Gasteiger partial charge is 0.0744 e. The highest BCUT2D eigenvalue weighted by Gasteiger charge is 2.20. The first-order valence-electron chi connectivity index (χ1n) is 8.80. The molecule has 1 aliphatic carbocycles. The summed E-state index contributed by atoms with van der Waals surface area (Å²) >= 11 is 0. The fraction of sp³-hybridized carbons (Fsp3) is 0.174. The molecule has 0 aliphatic heterocycles. The lowest BCUT2D eigenvalue weighted by molar-refractivity contribution is 0.689. The van der Waals surface area contributed by atoms with Crippen molar-refractivity contribution in [2.24, 2.45) is 0 Å². The molecule has 1 aromatic heterocycles. The molecule has 24 heavy (non-hydrogen) atoms. The van der Waals surface area contributed by atoms with Gasteiger partial charge in [0, 0.05) is 10.9 Å². The Bertz CT molecular complexity index is 1050. The first-order chi connectivity index (χ1) is 11.9. The van der Waals surface area contributed by atoms with Crippen LogP contribution in [0.2, 0.25) is 0 Å². The number of benzene rings is 3. The lowest BCUT2D eigenvalue weighted by atomic mass is 9.85. The van der Waals surface area contributed by atoms with Crippen molar-refractivity contribution in [3.63, 3.8) is 0 Å². The number of aromatic nitrogens is 1. The molecule has 0 bridgehead atoms. The van der Waals surface area contributed by atoms with Crippen LogP contribution in [0, 0.1) is 0 Å². The summed E-state index contributed by atoms with van der Waals surface area (Å²) in [4.78, 5) is 5.11. The van der Waals surface area contributed by atoms with Crippen LogP contribution in [-0.4, -0.2) is 4.98 Å². The zero-order chi connectivity index (χ0) is 15.9. The zero-order valence-corrected chi connectivity index (χ0v) is 13.6. The van der Waals surface area contributed by atoms with Crippen LogP contribution in [0.3, 0.4) is 0 Å². The zero-order valence-electron chi connectivity index (χ0n) is 13.6. The van der Waals surface area contributed by atoms with Crippen LogP contribution in [-0.2, 0) is 12.8 Å². The highest BCUT2D eigenvalue weighted by atomic mass is 14.7. The molecule has 0 saturated heterocycles. The van der Waals surface area contributed by atoms with E-state index in [0.717, 1.165) is 11.9 Å². The predicted molar refractivity (Wildman–Crippen MR) is 101 cm³/mol. The number of hydrogen-bond acceptors (Lipinski definition) is 1. The summed E-state index contributed by atoms with van der Waals surface area (Å²) in [6, 6.07) is 23.8. The molecule has 3 aromatic carbocycles. The molecule has 0 atom stereocenters. The van der Waals surface area contributed by atoms with Gasteiger partial charge in [-0.1, -0.05) is 60.7 Å². The van der Waals surface area contributed by atoms with E-state index < -0.39 is 0 Å². The van der Waals surface area contributed by atoms with Crippen molar-refractivity contribution in [3.05, 3.63) is 77.9 Å². The Labute approximate surface area is 142 Å². The topological polar surface area (TPSA) is 12.9 Å². The first kappa shape index (κ1) is 13.7. The summed E-state index contributed by atoms with van der Waals surface area (Å²) in [6.45, 7) is 0. The van der Waals surface area contributed by atoms with Crippen molar-refractivity contribution >= 4 is 21.7 Å². The van der Waals surface area contributed by atoms with Crippen molar-refractivity contribution in [2.75, 3.05) is 0 Å². The van der Waals surface area contributed by atoms with E-state index in [1.54, 1.807) is 0 Å². The Kier molecular flexibility index (Phi) is 3.12. The molecule has 0 amide bonds. The van der Waals surface area contributed by atoms with Gasteiger partial charge in [-0.3, -0.25) is 0 Å². The normalized spacial score (nSPS) is 14.0. The number of fused-ring (bicyclic) bond motifs is 5. The van der Waals surface area contributed by atoms with E-state index in [4.69, 9.17) is 4.98 Å². The summed E-state index contributed by atoms with van der Waals surface area (Å²) < 4.78 is 0. The van der Waals surface area contributed by atoms with Gasteiger partial charge in [0.2, 0.25) is 0 Å². The number of rotatable bonds is 1. The molecule has 4 aromatic rings. The van der Waals surface area contributed by atoms with Crippen LogP contribution < -0.4 is 0 Å². The molecular weight excluding hydrogens is 290 g/mol. The maximum atomic E-state index is 5.11. The molecule has 0 fully saturated rings. The molecule has 1 heterocycles. The second-order valence-electron chi connectivity index (χ2n) is 6.67. The molecule has 0 N–H and O–H groups in total. The summed E-state index contributed by atoms with van der Waals surface area (Å²) in [5.41, 5.74) is 6.56. The van der Waals surface area contributed by atoms with Gasteiger partial charge < -0.3 is 0 Å². The van der Waals surface area contributed by atoms with Gasteiger partial charge >= 0.3 is 0 Å². The number of aryl methyl sites for hydroxylation is 1. The average Bonchev–Trinajstić information content (AvgIpc) is 2.67. The molecular formula is C23H19N. The van der Waals surface area contributed by atoms with Crippen molar-refractivity contribution in [2.45, 2.75) is 25.7 Å². The third-order valence-corrected chi connectivity index (χ3v) is 5.24. The first-order valence-corrected chi connectivity index (χ1v) is 8.80. The fourth-order valence-electron chi connectivity index (χ4n) is 4.14. The van der Waals surface area contributed by atoms with Crippen LogP contribution in [0.15, 0.2) is 66.7 Å². The Hall–Kier alpha value is -2.67. The molecule has 0 saturated carbocycles. The van der Waals surface area contributed by atoms with Gasteiger partial charge in [0.05, 0.1) is 11.2 Å². The van der Waals surface area contributed by atoms with Gasteiger partial charge in [-0.25, -0.2) is 4.98 Å². The summed E-state index contributed by atoms with van der Waals surface area (Å²) in [5, 5.41) is 4.04. The monoisotopic (exact) mass is 309 g/mol. The molecule has 1 nitrogen and oxygen atoms in total. The van der Waals surface area contributed by atoms with E-state index >= 15 is 0 Å². The molecule has 1 heteroatoms. The molecule has 0 radical (unpaired) electrons. The van der Waals surface area contributed by atoms with E-state index in [-0.39, 0.29) is 0 Å². The Morgan fingerprint density at radius 3 is 2.29 bits per heavy atom. The summed E-state index contributed by atoms with van der Waals surface area (Å²) in [7, 11) is 0. The van der Waals surface area contributed by atoms with Crippen LogP contribution >= 0.6 is 0 Å². The van der Waals surface area contributed by atoms with Crippen molar-refractivity contribution in [1.29, 1.82) is 0 Å². The van der Waals surface area contributed by atoms with Gasteiger partial charge in [-0.2, -0.15) is 0 Å². The number of nitrogens with zero attached hydrogens (tertiary/aromatic N) is 1. The maximum absolute atomic E-state index is 5.11. The van der Waals surface area contributed by atoms with Gasteiger partial charge in [0.15, 0.2) is 0 Å². The van der Waals surface area contributed by atoms with E-state index in [0.29, 0.717) is 0 Å². The molecule has 0 unspecified atom stereocenters. The van der Waals surface area contributed by atoms with Crippen LogP contribution in [0.4, 0.5) is 0 Å². The Morgan fingerprint density at radius 2 is 1.42 bits per heavy atom. The third-order valence-electron chi connectivity index (χ3n) is 5.24. The van der Waals surface area contributed by atoms with Crippen LogP contribution in [0.25, 0.3) is 32.9 Å². The summed E-state index contributed by atoms with van der Waals surface area (Å²) in [5.74, 6) is 0. The number of hydrogen-bond donors (Lipinski definition) is 0. The standard InChI is InChI=1S/C23H19N/c1-2-9-17(10-3-1)23-20-13-7-6-12-19(20)22-18-11-5-4-8-16(18)14-15-21(22)24-23/h1-5,8-11,14-15H,6-7,12-13H2. The third kappa shape index (κ3) is 2.05. The maximum Gasteiger partial charge on any atom is 0.0744 e. The van der Waals surface area contributed by atoms with E-state index in [9.17, 15) is 0 Å². The minimum atomic E-state index is 1.13. The lowest BCUT2D eigenvalue weighted by Gasteiger charge is -2.22. The van der Waals surface area contributed by atoms with E-state index in [1.807, 2.05) is 0 Å². The SMILES string of the molecule is c1ccc(-c2nc3ccc4ccccc4c3c3c2CCCC3)cc1. The van der Waals surface area contributed by atoms with Crippen molar-refractivity contribution < 1.29 is 0 Å². The van der Waals surface area contributed by atoms with Gasteiger partial charge in [0.1, 0.15) is 0 Å². The summed E-state index contributed by atoms with van der Waals surface area (Å²) in [6.07, 6.45) is 4.86. The minimum absolute atomic E-state index is 1.13. The van der Waals surface area contributed by atoms with Gasteiger partial charge in [-0.05, 0) is 53.6 Å². The van der Waals surface area contributed by atoms with E-state index in [2.05, 4.69) is 66.7 Å². The fourth-order valence-corrected chi connectivity index (χ4v) is 4.14. The quantitative estimate of drug-likeness (QED) is 0.397. The second-order valence-corrected chi connectivity index (χ2v) is 6.67. The largest absolute Gasteiger partial charge is 0.247 e. The second kappa shape index (κ2) is 5.45. The molecule has 5 rings (SSSR count).